The highest BCUT2D eigenvalue weighted by molar-refractivity contribution is 6.12. The number of hydrogen-bond acceptors (Lipinski definition) is 7. The first-order valence-electron chi connectivity index (χ1n) is 12.6. The minimum atomic E-state index is -0.576. The third-order valence-corrected chi connectivity index (χ3v) is 6.97. The van der Waals surface area contributed by atoms with Crippen molar-refractivity contribution in [1.29, 1.82) is 5.26 Å². The van der Waals surface area contributed by atoms with Crippen LogP contribution in [-0.4, -0.2) is 49.5 Å². The van der Waals surface area contributed by atoms with Crippen LogP contribution in [0.4, 0.5) is 11.4 Å². The molecule has 2 heterocycles. The van der Waals surface area contributed by atoms with Crippen molar-refractivity contribution in [3.05, 3.63) is 59.8 Å². The first-order valence-corrected chi connectivity index (χ1v) is 12.6. The van der Waals surface area contributed by atoms with Gasteiger partial charge in [-0.15, -0.1) is 0 Å². The normalized spacial score (nSPS) is 19.6. The molecule has 1 saturated carbocycles. The maximum atomic E-state index is 13.1. The fourth-order valence-electron chi connectivity index (χ4n) is 5.00. The molecule has 0 spiro atoms. The molecule has 2 aromatic carbocycles. The Morgan fingerprint density at radius 3 is 2.57 bits per heavy atom. The van der Waals surface area contributed by atoms with Gasteiger partial charge >= 0.3 is 5.97 Å². The molecule has 5 rings (SSSR count). The molecular formula is C28H31N5O2. The number of rotatable bonds is 4. The van der Waals surface area contributed by atoms with Crippen LogP contribution in [0.25, 0.3) is 11.1 Å². The van der Waals surface area contributed by atoms with Gasteiger partial charge in [0.1, 0.15) is 11.8 Å². The summed E-state index contributed by atoms with van der Waals surface area (Å²) in [5, 5.41) is 16.7. The third kappa shape index (κ3) is 5.23. The van der Waals surface area contributed by atoms with Crippen LogP contribution >= 0.6 is 0 Å². The van der Waals surface area contributed by atoms with Gasteiger partial charge in [-0.1, -0.05) is 55.7 Å². The molecule has 2 N–H and O–H groups in total. The Hall–Kier alpha value is -3.63. The van der Waals surface area contributed by atoms with Gasteiger partial charge in [0.05, 0.1) is 18.0 Å². The molecule has 2 aliphatic heterocycles. The summed E-state index contributed by atoms with van der Waals surface area (Å²) in [6, 6.07) is 18.3. The molecule has 7 heteroatoms. The molecule has 35 heavy (non-hydrogen) atoms. The largest absolute Gasteiger partial charge is 0.461 e. The van der Waals surface area contributed by atoms with E-state index in [1.165, 1.54) is 19.3 Å². The average molecular weight is 470 g/mol. The molecule has 2 fully saturated rings. The number of anilines is 1. The quantitative estimate of drug-likeness (QED) is 0.386. The Labute approximate surface area is 206 Å². The Kier molecular flexibility index (Phi) is 7.10. The monoisotopic (exact) mass is 469 g/mol. The highest BCUT2D eigenvalue weighted by Gasteiger charge is 2.30. The summed E-state index contributed by atoms with van der Waals surface area (Å²) in [6.07, 6.45) is 5.76. The molecule has 0 unspecified atom stereocenters. The molecule has 0 aromatic heterocycles. The highest BCUT2D eigenvalue weighted by Crippen LogP contribution is 2.36. The number of aliphatic imine (C=N–C) groups is 1. The highest BCUT2D eigenvalue weighted by atomic mass is 16.5. The van der Waals surface area contributed by atoms with E-state index in [2.05, 4.69) is 33.7 Å². The van der Waals surface area contributed by atoms with Gasteiger partial charge < -0.3 is 20.3 Å². The smallest absolute Gasteiger partial charge is 0.351 e. The zero-order valence-corrected chi connectivity index (χ0v) is 19.9. The second kappa shape index (κ2) is 10.7. The zero-order chi connectivity index (χ0) is 24.0. The van der Waals surface area contributed by atoms with Gasteiger partial charge in [0.2, 0.25) is 0 Å². The van der Waals surface area contributed by atoms with Crippen molar-refractivity contribution in [2.75, 3.05) is 38.1 Å². The van der Waals surface area contributed by atoms with Crippen LogP contribution < -0.4 is 10.6 Å². The van der Waals surface area contributed by atoms with Crippen molar-refractivity contribution in [1.82, 2.24) is 10.2 Å². The van der Waals surface area contributed by atoms with Crippen molar-refractivity contribution >= 4 is 23.2 Å². The molecular weight excluding hydrogens is 438 g/mol. The van der Waals surface area contributed by atoms with E-state index in [-0.39, 0.29) is 5.57 Å². The first kappa shape index (κ1) is 23.1. The van der Waals surface area contributed by atoms with E-state index in [0.29, 0.717) is 24.1 Å². The summed E-state index contributed by atoms with van der Waals surface area (Å²) in [7, 11) is 0. The van der Waals surface area contributed by atoms with E-state index in [0.717, 1.165) is 61.5 Å². The molecule has 0 radical (unpaired) electrons. The molecule has 1 aliphatic carbocycles. The van der Waals surface area contributed by atoms with Crippen LogP contribution in [0.5, 0.6) is 0 Å². The van der Waals surface area contributed by atoms with Crippen molar-refractivity contribution in [2.45, 2.75) is 32.1 Å². The average Bonchev–Trinajstić information content (AvgIpc) is 2.93. The molecule has 0 bridgehead atoms. The first-order chi connectivity index (χ1) is 17.2. The van der Waals surface area contributed by atoms with Crippen LogP contribution in [0, 0.1) is 17.2 Å². The van der Waals surface area contributed by atoms with Gasteiger partial charge in [-0.25, -0.2) is 9.79 Å². The standard InChI is InChI=1S/C28H31N5O2/c29-18-23(28(34)35-19-20-7-3-1-4-8-20)26-27(33-15-13-30-14-16-33)32-25-17-22(11-12-24(25)31-26)21-9-5-2-6-10-21/h2,5-6,9-12,17,20,30-31H,1,3-4,7-8,13-16,19H2/b26-23-. The predicted octanol–water partition coefficient (Wildman–Crippen LogP) is 4.62. The van der Waals surface area contributed by atoms with Crippen molar-refractivity contribution < 1.29 is 9.53 Å². The van der Waals surface area contributed by atoms with Crippen LogP contribution in [0.2, 0.25) is 0 Å². The number of ether oxygens (including phenoxy) is 1. The number of nitriles is 1. The number of amidine groups is 1. The predicted molar refractivity (Wildman–Crippen MR) is 137 cm³/mol. The van der Waals surface area contributed by atoms with E-state index in [1.807, 2.05) is 36.4 Å². The number of benzene rings is 2. The van der Waals surface area contributed by atoms with Crippen molar-refractivity contribution in [3.63, 3.8) is 0 Å². The van der Waals surface area contributed by atoms with E-state index in [4.69, 9.17) is 9.73 Å². The topological polar surface area (TPSA) is 89.8 Å². The minimum absolute atomic E-state index is 0.0177. The second-order valence-corrected chi connectivity index (χ2v) is 9.36. The zero-order valence-electron chi connectivity index (χ0n) is 19.9. The lowest BCUT2D eigenvalue weighted by Gasteiger charge is -2.34. The van der Waals surface area contributed by atoms with E-state index < -0.39 is 5.97 Å². The number of nitrogens with zero attached hydrogens (tertiary/aromatic N) is 3. The van der Waals surface area contributed by atoms with E-state index in [9.17, 15) is 10.1 Å². The van der Waals surface area contributed by atoms with Gasteiger partial charge in [-0.3, -0.25) is 0 Å². The lowest BCUT2D eigenvalue weighted by atomic mass is 9.90. The summed E-state index contributed by atoms with van der Waals surface area (Å²) < 4.78 is 5.64. The number of nitrogens with one attached hydrogen (secondary N) is 2. The number of carbonyl (C=O) groups excluding carboxylic acids is 1. The Bertz CT molecular complexity index is 1170. The van der Waals surface area contributed by atoms with Crippen LogP contribution in [0.3, 0.4) is 0 Å². The van der Waals surface area contributed by atoms with Gasteiger partial charge in [-0.2, -0.15) is 5.26 Å². The number of esters is 1. The molecule has 7 nitrogen and oxygen atoms in total. The molecule has 0 atom stereocenters. The van der Waals surface area contributed by atoms with Crippen LogP contribution in [0.1, 0.15) is 32.1 Å². The Morgan fingerprint density at radius 1 is 1.06 bits per heavy atom. The van der Waals surface area contributed by atoms with E-state index >= 15 is 0 Å². The summed E-state index contributed by atoms with van der Waals surface area (Å²) in [5.41, 5.74) is 4.15. The summed E-state index contributed by atoms with van der Waals surface area (Å²) in [4.78, 5) is 20.2. The molecule has 2 aromatic rings. The lowest BCUT2D eigenvalue weighted by Crippen LogP contribution is -2.48. The number of carbonyl (C=O) groups is 1. The number of fused-ring (bicyclic) bond motifs is 1. The fraction of sp³-hybridized carbons (Fsp3) is 0.393. The van der Waals surface area contributed by atoms with Gasteiger partial charge in [0.25, 0.3) is 0 Å². The fourth-order valence-corrected chi connectivity index (χ4v) is 5.00. The maximum absolute atomic E-state index is 13.1. The summed E-state index contributed by atoms with van der Waals surface area (Å²) in [6.45, 7) is 3.49. The summed E-state index contributed by atoms with van der Waals surface area (Å²) >= 11 is 0. The lowest BCUT2D eigenvalue weighted by molar-refractivity contribution is -0.140. The number of hydrogen-bond donors (Lipinski definition) is 2. The molecule has 180 valence electrons. The summed E-state index contributed by atoms with van der Waals surface area (Å²) in [5.74, 6) is 0.429. The third-order valence-electron chi connectivity index (χ3n) is 6.97. The van der Waals surface area contributed by atoms with Gasteiger partial charge in [-0.05, 0) is 42.0 Å². The van der Waals surface area contributed by atoms with Crippen LogP contribution in [-0.2, 0) is 9.53 Å². The molecule has 0 amide bonds. The maximum Gasteiger partial charge on any atom is 0.351 e. The van der Waals surface area contributed by atoms with Crippen LogP contribution in [0.15, 0.2) is 64.8 Å². The number of piperazine rings is 1. The Morgan fingerprint density at radius 2 is 1.83 bits per heavy atom. The van der Waals surface area contributed by atoms with Crippen molar-refractivity contribution in [2.24, 2.45) is 10.9 Å². The Balaban J connectivity index is 1.48. The molecule has 1 saturated heterocycles. The molecule has 3 aliphatic rings. The van der Waals surface area contributed by atoms with Gasteiger partial charge in [0, 0.05) is 26.2 Å². The van der Waals surface area contributed by atoms with Gasteiger partial charge in [0.15, 0.2) is 11.4 Å². The van der Waals surface area contributed by atoms with Crippen molar-refractivity contribution in [3.8, 4) is 17.2 Å². The SMILES string of the molecule is N#C/C(C(=O)OCC1CCCCC1)=C1/Nc2ccc(-c3ccccc3)cc2N=C1N1CCNCC1. The minimum Gasteiger partial charge on any atom is -0.461 e. The van der Waals surface area contributed by atoms with E-state index in [1.54, 1.807) is 0 Å². The second-order valence-electron chi connectivity index (χ2n) is 9.36.